The lowest BCUT2D eigenvalue weighted by atomic mass is 9.60. The van der Waals surface area contributed by atoms with Crippen molar-refractivity contribution in [3.05, 3.63) is 90.0 Å². The Bertz CT molecular complexity index is 1390. The van der Waals surface area contributed by atoms with Crippen LogP contribution in [0.4, 0.5) is 8.78 Å². The second kappa shape index (κ2) is 10.1. The fraction of sp³-hybridized carbons (Fsp3) is 0.333. The number of alkyl halides is 2. The minimum atomic E-state index is -3.09. The summed E-state index contributed by atoms with van der Waals surface area (Å²) in [5.74, 6) is -5.85. The molecule has 8 heteroatoms. The molecular weight excluding hydrogens is 486 g/mol. The number of aromatic nitrogens is 2. The highest BCUT2D eigenvalue weighted by Crippen LogP contribution is 2.55. The highest BCUT2D eigenvalue weighted by molar-refractivity contribution is 5.84. The van der Waals surface area contributed by atoms with Gasteiger partial charge in [-0.05, 0) is 42.7 Å². The molecule has 3 aromatic rings. The second-order valence-electron chi connectivity index (χ2n) is 10.1. The van der Waals surface area contributed by atoms with E-state index in [1.54, 1.807) is 61.9 Å². The highest BCUT2D eigenvalue weighted by Gasteiger charge is 2.67. The van der Waals surface area contributed by atoms with E-state index >= 15 is 8.78 Å². The zero-order chi connectivity index (χ0) is 26.9. The number of rotatable bonds is 6. The van der Waals surface area contributed by atoms with Crippen molar-refractivity contribution in [3.63, 3.8) is 0 Å². The molecule has 0 radical (unpaired) electrons. The average Bonchev–Trinajstić information content (AvgIpc) is 3.17. The summed E-state index contributed by atoms with van der Waals surface area (Å²) in [6, 6.07) is 16.7. The van der Waals surface area contributed by atoms with Crippen molar-refractivity contribution in [2.45, 2.75) is 44.4 Å². The third-order valence-corrected chi connectivity index (χ3v) is 7.87. The Hall–Kier alpha value is -3.96. The number of cyclic esters (lactones) is 1. The number of ether oxygens (including phenoxy) is 1. The Labute approximate surface area is 220 Å². The molecule has 1 aliphatic carbocycles. The number of hydrogen-bond donors (Lipinski definition) is 1. The number of nitrogens with zero attached hydrogens (tertiary/aromatic N) is 3. The Morgan fingerprint density at radius 2 is 1.97 bits per heavy atom. The molecule has 1 aromatic carbocycles. The van der Waals surface area contributed by atoms with Gasteiger partial charge in [-0.1, -0.05) is 43.3 Å². The Balaban J connectivity index is 1.44. The van der Waals surface area contributed by atoms with Crippen LogP contribution in [0.1, 0.15) is 37.1 Å². The van der Waals surface area contributed by atoms with E-state index < -0.39 is 47.7 Å². The number of esters is 1. The Morgan fingerprint density at radius 3 is 2.68 bits per heavy atom. The molecule has 0 spiro atoms. The van der Waals surface area contributed by atoms with Gasteiger partial charge in [0.25, 0.3) is 5.92 Å². The van der Waals surface area contributed by atoms with Crippen molar-refractivity contribution < 1.29 is 18.3 Å². The van der Waals surface area contributed by atoms with Gasteiger partial charge in [0, 0.05) is 54.5 Å². The molecule has 2 aliphatic rings. The van der Waals surface area contributed by atoms with Crippen molar-refractivity contribution in [1.29, 1.82) is 5.26 Å². The lowest BCUT2D eigenvalue weighted by Crippen LogP contribution is -2.64. The van der Waals surface area contributed by atoms with Crippen LogP contribution in [0.15, 0.2) is 73.2 Å². The molecule has 2 fully saturated rings. The van der Waals surface area contributed by atoms with Crippen LogP contribution in [-0.2, 0) is 16.1 Å². The van der Waals surface area contributed by atoms with Crippen molar-refractivity contribution in [1.82, 2.24) is 15.3 Å². The minimum absolute atomic E-state index is 0.222. The highest BCUT2D eigenvalue weighted by atomic mass is 19.3. The minimum Gasteiger partial charge on any atom is -0.461 e. The number of halogens is 2. The van der Waals surface area contributed by atoms with Crippen LogP contribution in [0.3, 0.4) is 0 Å². The third-order valence-electron chi connectivity index (χ3n) is 7.87. The molecule has 1 saturated heterocycles. The van der Waals surface area contributed by atoms with Gasteiger partial charge in [-0.25, -0.2) is 8.78 Å². The van der Waals surface area contributed by atoms with Gasteiger partial charge in [0.2, 0.25) is 0 Å². The van der Waals surface area contributed by atoms with Gasteiger partial charge in [0.05, 0.1) is 17.3 Å². The number of pyridine rings is 2. The molecule has 6 nitrogen and oxygen atoms in total. The van der Waals surface area contributed by atoms with E-state index in [2.05, 4.69) is 21.4 Å². The smallest absolute Gasteiger partial charge is 0.327 e. The quantitative estimate of drug-likeness (QED) is 0.443. The molecule has 0 bridgehead atoms. The van der Waals surface area contributed by atoms with Crippen LogP contribution in [0, 0.1) is 29.1 Å². The fourth-order valence-electron chi connectivity index (χ4n) is 5.85. The van der Waals surface area contributed by atoms with Gasteiger partial charge >= 0.3 is 5.97 Å². The number of fused-ring (bicyclic) bond motifs is 1. The second-order valence-corrected chi connectivity index (χ2v) is 10.1. The van der Waals surface area contributed by atoms with E-state index in [0.29, 0.717) is 11.3 Å². The predicted octanol–water partition coefficient (Wildman–Crippen LogP) is 5.41. The largest absolute Gasteiger partial charge is 0.461 e. The summed E-state index contributed by atoms with van der Waals surface area (Å²) in [6.45, 7) is 3.53. The first-order valence-corrected chi connectivity index (χ1v) is 12.6. The molecule has 1 saturated carbocycles. The fourth-order valence-corrected chi connectivity index (χ4v) is 5.85. The molecule has 3 heterocycles. The van der Waals surface area contributed by atoms with Gasteiger partial charge in [-0.2, -0.15) is 5.26 Å². The summed E-state index contributed by atoms with van der Waals surface area (Å²) < 4.78 is 36.5. The maximum absolute atomic E-state index is 15.5. The zero-order valence-corrected chi connectivity index (χ0v) is 21.1. The monoisotopic (exact) mass is 514 g/mol. The summed E-state index contributed by atoms with van der Waals surface area (Å²) in [7, 11) is 0. The first-order valence-electron chi connectivity index (χ1n) is 12.6. The van der Waals surface area contributed by atoms with Gasteiger partial charge in [-0.3, -0.25) is 20.1 Å². The van der Waals surface area contributed by atoms with E-state index in [4.69, 9.17) is 4.74 Å². The molecule has 2 aromatic heterocycles. The number of allylic oxidation sites excluding steroid dienone is 1. The van der Waals surface area contributed by atoms with Crippen molar-refractivity contribution in [3.8, 4) is 17.2 Å². The van der Waals surface area contributed by atoms with E-state index in [9.17, 15) is 10.1 Å². The van der Waals surface area contributed by atoms with Gasteiger partial charge in [0.1, 0.15) is 11.6 Å². The Kier molecular flexibility index (Phi) is 6.80. The molecule has 1 N–H and O–H groups in total. The maximum Gasteiger partial charge on any atom is 0.327 e. The summed E-state index contributed by atoms with van der Waals surface area (Å²) in [5.41, 5.74) is 1.99. The van der Waals surface area contributed by atoms with E-state index in [1.165, 1.54) is 6.92 Å². The van der Waals surface area contributed by atoms with Crippen LogP contribution in [0.2, 0.25) is 0 Å². The molecule has 1 aliphatic heterocycles. The van der Waals surface area contributed by atoms with Crippen LogP contribution in [0.5, 0.6) is 0 Å². The number of nitrogens with one attached hydrogen (secondary N) is 1. The number of benzene rings is 1. The molecule has 2 unspecified atom stereocenters. The zero-order valence-electron chi connectivity index (χ0n) is 21.1. The SMILES string of the molecule is CC1[C@H](/C=C/c2ccc(-c3ccccc3C#N)cn2)C2[C@@H](C)OC(=O)[C@]2(NCc2cccnc2)CC1(F)F. The average molecular weight is 515 g/mol. The summed E-state index contributed by atoms with van der Waals surface area (Å²) in [6.07, 6.45) is 7.26. The van der Waals surface area contributed by atoms with Gasteiger partial charge in [-0.15, -0.1) is 0 Å². The lowest BCUT2D eigenvalue weighted by Gasteiger charge is -2.48. The van der Waals surface area contributed by atoms with Crippen molar-refractivity contribution >= 4 is 12.0 Å². The molecule has 194 valence electrons. The first-order chi connectivity index (χ1) is 18.2. The molecule has 0 amide bonds. The lowest BCUT2D eigenvalue weighted by molar-refractivity contribution is -0.160. The van der Waals surface area contributed by atoms with E-state index in [-0.39, 0.29) is 6.54 Å². The summed E-state index contributed by atoms with van der Waals surface area (Å²) >= 11 is 0. The molecule has 38 heavy (non-hydrogen) atoms. The first kappa shape index (κ1) is 25.7. The van der Waals surface area contributed by atoms with Crippen molar-refractivity contribution in [2.75, 3.05) is 0 Å². The molecular formula is C30H28F2N4O2. The van der Waals surface area contributed by atoms with Gasteiger partial charge < -0.3 is 4.74 Å². The predicted molar refractivity (Wildman–Crippen MR) is 138 cm³/mol. The molecule has 5 atom stereocenters. The normalized spacial score (nSPS) is 28.0. The van der Waals surface area contributed by atoms with Crippen LogP contribution < -0.4 is 5.32 Å². The number of carbonyl (C=O) groups excluding carboxylic acids is 1. The number of carbonyl (C=O) groups is 1. The van der Waals surface area contributed by atoms with E-state index in [0.717, 1.165) is 16.7 Å². The molecule has 5 rings (SSSR count). The Morgan fingerprint density at radius 1 is 1.16 bits per heavy atom. The third kappa shape index (κ3) is 4.59. The van der Waals surface area contributed by atoms with Gasteiger partial charge in [0.15, 0.2) is 0 Å². The summed E-state index contributed by atoms with van der Waals surface area (Å²) in [5, 5.41) is 12.5. The van der Waals surface area contributed by atoms with Crippen LogP contribution >= 0.6 is 0 Å². The maximum atomic E-state index is 15.5. The number of hydrogen-bond acceptors (Lipinski definition) is 6. The van der Waals surface area contributed by atoms with Crippen molar-refractivity contribution in [2.24, 2.45) is 17.8 Å². The topological polar surface area (TPSA) is 87.9 Å². The number of nitriles is 1. The van der Waals surface area contributed by atoms with E-state index in [1.807, 2.05) is 24.3 Å². The van der Waals surface area contributed by atoms with Crippen LogP contribution in [0.25, 0.3) is 17.2 Å². The standard InChI is InChI=1S/C30H28F2N4O2/c1-19-25(12-11-24-10-9-23(17-35-24)26-8-4-3-7-22(26)14-33)27-20(2)38-28(37)29(27,18-30(19,31)32)36-16-21-6-5-13-34-15-21/h3-13,15,17,19-20,25,27,36H,16,18H2,1-2H3/b12-11+/t19?,20-,25+,27?,29+/m1/s1. The summed E-state index contributed by atoms with van der Waals surface area (Å²) in [4.78, 5) is 21.7. The van der Waals surface area contributed by atoms with Crippen LogP contribution in [-0.4, -0.2) is 33.5 Å².